The Kier molecular flexibility index (Phi) is 4.51. The number of carbonyl (C=O) groups excluding carboxylic acids is 2. The maximum absolute atomic E-state index is 12.9. The first-order valence-electron chi connectivity index (χ1n) is 7.76. The minimum atomic E-state index is -0.623. The van der Waals surface area contributed by atoms with E-state index in [2.05, 4.69) is 11.9 Å². The van der Waals surface area contributed by atoms with E-state index >= 15 is 0 Å². The summed E-state index contributed by atoms with van der Waals surface area (Å²) in [6.45, 7) is 8.32. The van der Waals surface area contributed by atoms with Gasteiger partial charge in [-0.1, -0.05) is 39.2 Å². The molecule has 2 amide bonds. The topological polar surface area (TPSA) is 49.4 Å². The Morgan fingerprint density at radius 3 is 2.55 bits per heavy atom. The van der Waals surface area contributed by atoms with Crippen molar-refractivity contribution in [2.24, 2.45) is 5.92 Å². The summed E-state index contributed by atoms with van der Waals surface area (Å²) in [5.41, 5.74) is -0.623. The molecule has 2 rings (SSSR count). The quantitative estimate of drug-likeness (QED) is 0.802. The van der Waals surface area contributed by atoms with E-state index < -0.39 is 5.54 Å². The molecule has 0 aromatic rings. The zero-order valence-corrected chi connectivity index (χ0v) is 12.7. The third kappa shape index (κ3) is 2.60. The number of piperazine rings is 1. The van der Waals surface area contributed by atoms with Crippen LogP contribution in [0.15, 0.2) is 12.7 Å². The van der Waals surface area contributed by atoms with Crippen LogP contribution in [-0.4, -0.2) is 34.8 Å². The van der Waals surface area contributed by atoms with Crippen molar-refractivity contribution in [2.75, 3.05) is 6.54 Å². The van der Waals surface area contributed by atoms with Crippen molar-refractivity contribution in [1.82, 2.24) is 10.2 Å². The van der Waals surface area contributed by atoms with E-state index in [1.165, 1.54) is 0 Å². The Morgan fingerprint density at radius 2 is 2.00 bits per heavy atom. The summed E-state index contributed by atoms with van der Waals surface area (Å²) in [4.78, 5) is 27.2. The first-order valence-corrected chi connectivity index (χ1v) is 7.76. The van der Waals surface area contributed by atoms with Gasteiger partial charge in [0.1, 0.15) is 11.6 Å². The van der Waals surface area contributed by atoms with Crippen molar-refractivity contribution in [3.63, 3.8) is 0 Å². The monoisotopic (exact) mass is 278 g/mol. The molecule has 0 bridgehead atoms. The Hall–Kier alpha value is -1.32. The molecule has 4 heteroatoms. The van der Waals surface area contributed by atoms with Gasteiger partial charge >= 0.3 is 0 Å². The number of amides is 2. The average Bonchev–Trinajstić information content (AvgIpc) is 2.41. The molecule has 1 saturated heterocycles. The lowest BCUT2D eigenvalue weighted by Gasteiger charge is -2.48. The number of hydrogen-bond acceptors (Lipinski definition) is 2. The zero-order chi connectivity index (χ0) is 14.8. The second-order valence-corrected chi connectivity index (χ2v) is 6.40. The van der Waals surface area contributed by atoms with Gasteiger partial charge in [-0.2, -0.15) is 0 Å². The van der Waals surface area contributed by atoms with E-state index in [9.17, 15) is 9.59 Å². The number of rotatable bonds is 4. The Labute approximate surface area is 121 Å². The van der Waals surface area contributed by atoms with E-state index in [4.69, 9.17) is 0 Å². The SMILES string of the molecule is C=CCCN1C(=O)C2(CCCCC2)NC(=O)C1C(C)C. The van der Waals surface area contributed by atoms with E-state index in [1.54, 1.807) is 4.90 Å². The van der Waals surface area contributed by atoms with E-state index in [-0.39, 0.29) is 23.8 Å². The summed E-state index contributed by atoms with van der Waals surface area (Å²) in [5, 5.41) is 3.06. The van der Waals surface area contributed by atoms with Crippen LogP contribution in [0.3, 0.4) is 0 Å². The van der Waals surface area contributed by atoms with Crippen LogP contribution in [0.1, 0.15) is 52.4 Å². The van der Waals surface area contributed by atoms with Gasteiger partial charge in [0.15, 0.2) is 0 Å². The van der Waals surface area contributed by atoms with Gasteiger partial charge in [-0.15, -0.1) is 6.58 Å². The van der Waals surface area contributed by atoms with Crippen LogP contribution < -0.4 is 5.32 Å². The molecule has 1 heterocycles. The van der Waals surface area contributed by atoms with Crippen LogP contribution in [0.4, 0.5) is 0 Å². The molecule has 2 fully saturated rings. The summed E-state index contributed by atoms with van der Waals surface area (Å²) in [6, 6.07) is -0.338. The van der Waals surface area contributed by atoms with Crippen molar-refractivity contribution >= 4 is 11.8 Å². The summed E-state index contributed by atoms with van der Waals surface area (Å²) >= 11 is 0. The molecular formula is C16H26N2O2. The molecule has 112 valence electrons. The lowest BCUT2D eigenvalue weighted by atomic mass is 9.77. The molecular weight excluding hydrogens is 252 g/mol. The van der Waals surface area contributed by atoms with E-state index in [1.807, 2.05) is 19.9 Å². The highest BCUT2D eigenvalue weighted by molar-refractivity contribution is 6.00. The molecule has 1 spiro atoms. The fourth-order valence-corrected chi connectivity index (χ4v) is 3.53. The highest BCUT2D eigenvalue weighted by Crippen LogP contribution is 2.34. The van der Waals surface area contributed by atoms with Crippen molar-refractivity contribution in [3.05, 3.63) is 12.7 Å². The van der Waals surface area contributed by atoms with Gasteiger partial charge in [0, 0.05) is 6.54 Å². The Bertz CT molecular complexity index is 397. The van der Waals surface area contributed by atoms with Gasteiger partial charge in [0.05, 0.1) is 0 Å². The average molecular weight is 278 g/mol. The van der Waals surface area contributed by atoms with Crippen molar-refractivity contribution in [1.29, 1.82) is 0 Å². The first-order chi connectivity index (χ1) is 9.52. The van der Waals surface area contributed by atoms with Crippen LogP contribution >= 0.6 is 0 Å². The molecule has 1 aliphatic heterocycles. The molecule has 1 saturated carbocycles. The largest absolute Gasteiger partial charge is 0.340 e. The molecule has 0 radical (unpaired) electrons. The van der Waals surface area contributed by atoms with Crippen LogP contribution in [0.25, 0.3) is 0 Å². The van der Waals surface area contributed by atoms with Crippen LogP contribution in [0.5, 0.6) is 0 Å². The van der Waals surface area contributed by atoms with E-state index in [0.717, 1.165) is 38.5 Å². The number of nitrogens with zero attached hydrogens (tertiary/aromatic N) is 1. The molecule has 2 aliphatic rings. The van der Waals surface area contributed by atoms with Gasteiger partial charge in [-0.25, -0.2) is 0 Å². The maximum atomic E-state index is 12.9. The summed E-state index contributed by atoms with van der Waals surface area (Å²) in [7, 11) is 0. The highest BCUT2D eigenvalue weighted by Gasteiger charge is 2.51. The van der Waals surface area contributed by atoms with Crippen LogP contribution in [0, 0.1) is 5.92 Å². The molecule has 1 atom stereocenters. The number of hydrogen-bond donors (Lipinski definition) is 1. The predicted molar refractivity (Wildman–Crippen MR) is 79.1 cm³/mol. The van der Waals surface area contributed by atoms with Gasteiger partial charge in [-0.3, -0.25) is 9.59 Å². The second-order valence-electron chi connectivity index (χ2n) is 6.40. The molecule has 0 aromatic carbocycles. The van der Waals surface area contributed by atoms with Crippen molar-refractivity contribution < 1.29 is 9.59 Å². The zero-order valence-electron chi connectivity index (χ0n) is 12.7. The Balaban J connectivity index is 2.27. The molecule has 1 N–H and O–H groups in total. The number of nitrogens with one attached hydrogen (secondary N) is 1. The molecule has 20 heavy (non-hydrogen) atoms. The third-order valence-corrected chi connectivity index (χ3v) is 4.55. The molecule has 0 aromatic heterocycles. The second kappa shape index (κ2) is 5.98. The smallest absolute Gasteiger partial charge is 0.249 e. The van der Waals surface area contributed by atoms with Gasteiger partial charge < -0.3 is 10.2 Å². The number of carbonyl (C=O) groups is 2. The third-order valence-electron chi connectivity index (χ3n) is 4.55. The van der Waals surface area contributed by atoms with Crippen molar-refractivity contribution in [2.45, 2.75) is 64.0 Å². The predicted octanol–water partition coefficient (Wildman–Crippen LogP) is 2.25. The van der Waals surface area contributed by atoms with Gasteiger partial charge in [0.25, 0.3) is 0 Å². The minimum absolute atomic E-state index is 0.0190. The fourth-order valence-electron chi connectivity index (χ4n) is 3.53. The first kappa shape index (κ1) is 15.1. The standard InChI is InChI=1S/C16H26N2O2/c1-4-5-11-18-13(12(2)3)14(19)17-16(15(18)20)9-7-6-8-10-16/h4,12-13H,1,5-11H2,2-3H3,(H,17,19). The van der Waals surface area contributed by atoms with Crippen molar-refractivity contribution in [3.8, 4) is 0 Å². The van der Waals surface area contributed by atoms with Gasteiger partial charge in [0.2, 0.25) is 11.8 Å². The van der Waals surface area contributed by atoms with Crippen LogP contribution in [-0.2, 0) is 9.59 Å². The summed E-state index contributed by atoms with van der Waals surface area (Å²) < 4.78 is 0. The normalized spacial score (nSPS) is 25.9. The minimum Gasteiger partial charge on any atom is -0.340 e. The Morgan fingerprint density at radius 1 is 1.35 bits per heavy atom. The maximum Gasteiger partial charge on any atom is 0.249 e. The van der Waals surface area contributed by atoms with E-state index in [0.29, 0.717) is 6.54 Å². The highest BCUT2D eigenvalue weighted by atomic mass is 16.2. The lowest BCUT2D eigenvalue weighted by Crippen LogP contribution is -2.71. The molecule has 1 unspecified atom stereocenters. The lowest BCUT2D eigenvalue weighted by molar-refractivity contribution is -0.158. The van der Waals surface area contributed by atoms with Crippen LogP contribution in [0.2, 0.25) is 0 Å². The van der Waals surface area contributed by atoms with Gasteiger partial charge in [-0.05, 0) is 25.2 Å². The molecule has 4 nitrogen and oxygen atoms in total. The summed E-state index contributed by atoms with van der Waals surface area (Å²) in [5.74, 6) is 0.271. The summed E-state index contributed by atoms with van der Waals surface area (Å²) in [6.07, 6.45) is 7.31. The fraction of sp³-hybridized carbons (Fsp3) is 0.750. The molecule has 1 aliphatic carbocycles.